The molecule has 1 saturated carbocycles. The third kappa shape index (κ3) is 3.37. The van der Waals surface area contributed by atoms with Gasteiger partial charge in [-0.1, -0.05) is 11.6 Å². The predicted molar refractivity (Wildman–Crippen MR) is 71.4 cm³/mol. The Kier molecular flexibility index (Phi) is 4.14. The number of alkyl halides is 3. The molecule has 1 aliphatic carbocycles. The first-order valence-corrected chi connectivity index (χ1v) is 6.74. The average Bonchev–Trinajstić information content (AvgIpc) is 2.41. The van der Waals surface area contributed by atoms with Crippen molar-refractivity contribution in [3.05, 3.63) is 29.3 Å². The Balaban J connectivity index is 2.17. The summed E-state index contributed by atoms with van der Waals surface area (Å²) in [6.07, 6.45) is -3.56. The molecule has 0 aromatic heterocycles. The topological polar surface area (TPSA) is 35.8 Å². The van der Waals surface area contributed by atoms with Crippen molar-refractivity contribution in [2.45, 2.75) is 37.4 Å². The lowest BCUT2D eigenvalue weighted by Gasteiger charge is -2.37. The van der Waals surface area contributed by atoms with Crippen LogP contribution in [0.5, 0.6) is 0 Å². The van der Waals surface area contributed by atoms with Gasteiger partial charge in [0.15, 0.2) is 0 Å². The van der Waals surface area contributed by atoms with Crippen LogP contribution < -0.4 is 5.32 Å². The van der Waals surface area contributed by atoms with E-state index in [-0.39, 0.29) is 12.8 Å². The molecule has 1 fully saturated rings. The third-order valence-electron chi connectivity index (χ3n) is 3.66. The van der Waals surface area contributed by atoms with E-state index in [1.807, 2.05) is 6.07 Å². The quantitative estimate of drug-likeness (QED) is 0.854. The van der Waals surface area contributed by atoms with Crippen LogP contribution in [0.4, 0.5) is 18.9 Å². The van der Waals surface area contributed by atoms with E-state index in [1.54, 1.807) is 24.3 Å². The van der Waals surface area contributed by atoms with E-state index >= 15 is 0 Å². The maximum absolute atomic E-state index is 12.9. The summed E-state index contributed by atoms with van der Waals surface area (Å²) < 4.78 is 38.6. The van der Waals surface area contributed by atoms with Crippen molar-refractivity contribution >= 4 is 17.3 Å². The summed E-state index contributed by atoms with van der Waals surface area (Å²) in [6.45, 7) is 0. The van der Waals surface area contributed by atoms with Crippen LogP contribution in [-0.2, 0) is 0 Å². The zero-order valence-corrected chi connectivity index (χ0v) is 11.4. The van der Waals surface area contributed by atoms with Crippen LogP contribution in [0.3, 0.4) is 0 Å². The molecule has 0 radical (unpaired) electrons. The van der Waals surface area contributed by atoms with Gasteiger partial charge in [-0.3, -0.25) is 0 Å². The number of hydrogen-bond acceptors (Lipinski definition) is 2. The van der Waals surface area contributed by atoms with E-state index < -0.39 is 17.6 Å². The lowest BCUT2D eigenvalue weighted by atomic mass is 9.76. The van der Waals surface area contributed by atoms with Gasteiger partial charge in [-0.05, 0) is 49.9 Å². The maximum Gasteiger partial charge on any atom is 0.391 e. The number of nitriles is 1. The number of hydrogen-bond donors (Lipinski definition) is 1. The first-order valence-electron chi connectivity index (χ1n) is 6.36. The van der Waals surface area contributed by atoms with E-state index in [2.05, 4.69) is 5.32 Å². The lowest BCUT2D eigenvalue weighted by molar-refractivity contribution is -0.184. The highest BCUT2D eigenvalue weighted by atomic mass is 35.5. The van der Waals surface area contributed by atoms with Gasteiger partial charge in [0.1, 0.15) is 5.54 Å². The minimum absolute atomic E-state index is 0.0925. The van der Waals surface area contributed by atoms with Crippen LogP contribution in [0.2, 0.25) is 5.02 Å². The van der Waals surface area contributed by atoms with Crippen LogP contribution in [-0.4, -0.2) is 11.7 Å². The van der Waals surface area contributed by atoms with Gasteiger partial charge in [0.25, 0.3) is 0 Å². The smallest absolute Gasteiger partial charge is 0.367 e. The Morgan fingerprint density at radius 2 is 1.95 bits per heavy atom. The van der Waals surface area contributed by atoms with E-state index in [0.717, 1.165) is 0 Å². The van der Waals surface area contributed by atoms with Crippen molar-refractivity contribution < 1.29 is 13.2 Å². The molecule has 0 heterocycles. The first kappa shape index (κ1) is 15.0. The number of rotatable bonds is 2. The molecule has 1 aromatic carbocycles. The molecule has 2 nitrogen and oxygen atoms in total. The number of halogens is 4. The van der Waals surface area contributed by atoms with Gasteiger partial charge in [-0.2, -0.15) is 18.4 Å². The van der Waals surface area contributed by atoms with Crippen LogP contribution in [0, 0.1) is 17.2 Å². The molecule has 0 spiro atoms. The second-order valence-corrected chi connectivity index (χ2v) is 5.60. The van der Waals surface area contributed by atoms with Gasteiger partial charge in [0, 0.05) is 10.7 Å². The van der Waals surface area contributed by atoms with Gasteiger partial charge in [0.05, 0.1) is 12.0 Å². The number of nitrogens with zero attached hydrogens (tertiary/aromatic N) is 1. The summed E-state index contributed by atoms with van der Waals surface area (Å²) in [4.78, 5) is 0. The van der Waals surface area contributed by atoms with Gasteiger partial charge >= 0.3 is 6.18 Å². The molecule has 1 N–H and O–H groups in total. The van der Waals surface area contributed by atoms with Gasteiger partial charge in [-0.25, -0.2) is 0 Å². The Morgan fingerprint density at radius 3 is 2.50 bits per heavy atom. The molecular weight excluding hydrogens is 289 g/mol. The molecule has 1 aromatic rings. The molecule has 1 aliphatic rings. The van der Waals surface area contributed by atoms with Crippen LogP contribution in [0.25, 0.3) is 0 Å². The van der Waals surface area contributed by atoms with Gasteiger partial charge in [0.2, 0.25) is 0 Å². The average molecular weight is 303 g/mol. The SMILES string of the molecule is N#CC1(Nc2ccc(Cl)cc2)CCCC(C(F)(F)F)C1. The molecular formula is C14H14ClF3N2. The Morgan fingerprint density at radius 1 is 1.30 bits per heavy atom. The summed E-state index contributed by atoms with van der Waals surface area (Å²) in [5.74, 6) is -1.42. The first-order chi connectivity index (χ1) is 9.35. The largest absolute Gasteiger partial charge is 0.391 e. The maximum atomic E-state index is 12.9. The molecule has 2 rings (SSSR count). The van der Waals surface area contributed by atoms with Crippen molar-refractivity contribution in [2.75, 3.05) is 5.32 Å². The van der Waals surface area contributed by atoms with Crippen LogP contribution in [0.1, 0.15) is 25.7 Å². The summed E-state index contributed by atoms with van der Waals surface area (Å²) in [7, 11) is 0. The number of benzene rings is 1. The van der Waals surface area contributed by atoms with Crippen molar-refractivity contribution in [3.63, 3.8) is 0 Å². The van der Waals surface area contributed by atoms with Crippen molar-refractivity contribution in [2.24, 2.45) is 5.92 Å². The normalized spacial score (nSPS) is 26.9. The highest BCUT2D eigenvalue weighted by molar-refractivity contribution is 6.30. The standard InChI is InChI=1S/C14H14ClF3N2/c15-11-3-5-12(6-4-11)20-13(9-19)7-1-2-10(8-13)14(16,17)18/h3-6,10,20H,1-2,7-8H2. The van der Waals surface area contributed by atoms with E-state index in [4.69, 9.17) is 11.6 Å². The molecule has 2 atom stereocenters. The van der Waals surface area contributed by atoms with E-state index in [1.165, 1.54) is 0 Å². The minimum atomic E-state index is -4.25. The molecule has 108 valence electrons. The Bertz CT molecular complexity index is 507. The fourth-order valence-electron chi connectivity index (χ4n) is 2.61. The fraction of sp³-hybridized carbons (Fsp3) is 0.500. The van der Waals surface area contributed by atoms with Crippen molar-refractivity contribution in [1.82, 2.24) is 0 Å². The van der Waals surface area contributed by atoms with Crippen molar-refractivity contribution in [3.8, 4) is 6.07 Å². The van der Waals surface area contributed by atoms with E-state index in [0.29, 0.717) is 23.6 Å². The van der Waals surface area contributed by atoms with Crippen LogP contribution >= 0.6 is 11.6 Å². The Labute approximate surface area is 120 Å². The second-order valence-electron chi connectivity index (χ2n) is 5.16. The number of anilines is 1. The van der Waals surface area contributed by atoms with E-state index in [9.17, 15) is 18.4 Å². The fourth-order valence-corrected chi connectivity index (χ4v) is 2.73. The number of nitrogens with one attached hydrogen (secondary N) is 1. The summed E-state index contributed by atoms with van der Waals surface area (Å²) in [5.41, 5.74) is -0.550. The summed E-state index contributed by atoms with van der Waals surface area (Å²) >= 11 is 5.76. The molecule has 0 bridgehead atoms. The van der Waals surface area contributed by atoms with Gasteiger partial charge in [-0.15, -0.1) is 0 Å². The highest BCUT2D eigenvalue weighted by Gasteiger charge is 2.48. The summed E-state index contributed by atoms with van der Waals surface area (Å²) in [6, 6.07) is 8.64. The molecule has 0 aliphatic heterocycles. The monoisotopic (exact) mass is 302 g/mol. The zero-order chi connectivity index (χ0) is 14.8. The van der Waals surface area contributed by atoms with Crippen LogP contribution in [0.15, 0.2) is 24.3 Å². The zero-order valence-electron chi connectivity index (χ0n) is 10.7. The predicted octanol–water partition coefficient (Wildman–Crippen LogP) is 4.77. The highest BCUT2D eigenvalue weighted by Crippen LogP contribution is 2.42. The van der Waals surface area contributed by atoms with Crippen molar-refractivity contribution in [1.29, 1.82) is 5.26 Å². The minimum Gasteiger partial charge on any atom is -0.367 e. The second kappa shape index (κ2) is 5.53. The molecule has 20 heavy (non-hydrogen) atoms. The molecule has 0 saturated heterocycles. The molecule has 0 amide bonds. The molecule has 6 heteroatoms. The van der Waals surface area contributed by atoms with Gasteiger partial charge < -0.3 is 5.32 Å². The third-order valence-corrected chi connectivity index (χ3v) is 3.91. The molecule has 2 unspecified atom stereocenters. The summed E-state index contributed by atoms with van der Waals surface area (Å²) in [5, 5.41) is 12.8. The lowest BCUT2D eigenvalue weighted by Crippen LogP contribution is -2.45. The Hall–Kier alpha value is -1.41.